The van der Waals surface area contributed by atoms with Crippen molar-refractivity contribution in [3.05, 3.63) is 34.9 Å². The Hall–Kier alpha value is -2.25. The normalized spacial score (nSPS) is 19.6. The number of piperidine rings is 1. The lowest BCUT2D eigenvalue weighted by atomic mass is 10.0. The van der Waals surface area contributed by atoms with Crippen molar-refractivity contribution in [3.8, 4) is 0 Å². The molecule has 7 heteroatoms. The molecule has 27 heavy (non-hydrogen) atoms. The fourth-order valence-electron chi connectivity index (χ4n) is 3.77. The summed E-state index contributed by atoms with van der Waals surface area (Å²) in [5.74, 6) is -0.743. The van der Waals surface area contributed by atoms with Crippen LogP contribution in [-0.4, -0.2) is 60.7 Å². The third-order valence-corrected chi connectivity index (χ3v) is 5.26. The second-order valence-electron chi connectivity index (χ2n) is 7.44. The van der Waals surface area contributed by atoms with Gasteiger partial charge in [-0.15, -0.1) is 0 Å². The molecule has 0 aliphatic carbocycles. The highest BCUT2D eigenvalue weighted by atomic mass is 16.2. The molecule has 0 radical (unpaired) electrons. The lowest BCUT2D eigenvalue weighted by Crippen LogP contribution is -2.52. The summed E-state index contributed by atoms with van der Waals surface area (Å²) in [5.41, 5.74) is 2.73. The van der Waals surface area contributed by atoms with Gasteiger partial charge in [0.15, 0.2) is 0 Å². The number of nitrogens with one attached hydrogen (secondary N) is 2. The van der Waals surface area contributed by atoms with Crippen molar-refractivity contribution < 1.29 is 14.4 Å². The minimum Gasteiger partial charge on any atom is -0.322 e. The van der Waals surface area contributed by atoms with Crippen LogP contribution in [0.3, 0.4) is 0 Å². The monoisotopic (exact) mass is 372 g/mol. The summed E-state index contributed by atoms with van der Waals surface area (Å²) in [5, 5.41) is 5.49. The van der Waals surface area contributed by atoms with Crippen LogP contribution in [0.5, 0.6) is 0 Å². The largest absolute Gasteiger partial charge is 0.322 e. The average Bonchev–Trinajstić information content (AvgIpc) is 2.95. The van der Waals surface area contributed by atoms with E-state index in [-0.39, 0.29) is 24.1 Å². The lowest BCUT2D eigenvalue weighted by Gasteiger charge is -2.29. The van der Waals surface area contributed by atoms with E-state index in [1.54, 1.807) is 4.90 Å². The Morgan fingerprint density at radius 2 is 2.07 bits per heavy atom. The Labute approximate surface area is 160 Å². The van der Waals surface area contributed by atoms with Crippen molar-refractivity contribution in [2.24, 2.45) is 0 Å². The molecule has 0 aromatic heterocycles. The van der Waals surface area contributed by atoms with E-state index in [2.05, 4.69) is 28.6 Å². The smallest absolute Gasteiger partial charge is 0.255 e. The van der Waals surface area contributed by atoms with Gasteiger partial charge in [-0.25, -0.2) is 0 Å². The maximum absolute atomic E-state index is 12.8. The Kier molecular flexibility index (Phi) is 6.23. The van der Waals surface area contributed by atoms with E-state index in [4.69, 9.17) is 0 Å². The Bertz CT molecular complexity index is 734. The summed E-state index contributed by atoms with van der Waals surface area (Å²) in [4.78, 5) is 40.2. The Morgan fingerprint density at radius 1 is 1.26 bits per heavy atom. The number of unbranched alkanes of at least 4 members (excludes halogenated alkanes) is 1. The maximum atomic E-state index is 12.8. The fraction of sp³-hybridized carbons (Fsp3) is 0.550. The minimum absolute atomic E-state index is 0.113. The summed E-state index contributed by atoms with van der Waals surface area (Å²) in [6.07, 6.45) is 2.95. The molecule has 1 atom stereocenters. The molecule has 3 amide bonds. The van der Waals surface area contributed by atoms with E-state index < -0.39 is 6.04 Å². The molecule has 146 valence electrons. The van der Waals surface area contributed by atoms with Crippen molar-refractivity contribution in [2.45, 2.75) is 44.8 Å². The first-order valence-electron chi connectivity index (χ1n) is 9.59. The predicted molar refractivity (Wildman–Crippen MR) is 102 cm³/mol. The first-order valence-corrected chi connectivity index (χ1v) is 9.59. The predicted octanol–water partition coefficient (Wildman–Crippen LogP) is 0.879. The van der Waals surface area contributed by atoms with Crippen LogP contribution in [0.25, 0.3) is 0 Å². The summed E-state index contributed by atoms with van der Waals surface area (Å²) in [6.45, 7) is 3.26. The number of amides is 3. The molecule has 2 aliphatic rings. The second-order valence-corrected chi connectivity index (χ2v) is 7.44. The Balaban J connectivity index is 1.62. The second kappa shape index (κ2) is 8.63. The third-order valence-electron chi connectivity index (χ3n) is 5.26. The van der Waals surface area contributed by atoms with Crippen LogP contribution >= 0.6 is 0 Å². The number of nitrogens with zero attached hydrogens (tertiary/aromatic N) is 2. The van der Waals surface area contributed by atoms with E-state index in [0.717, 1.165) is 43.6 Å². The summed E-state index contributed by atoms with van der Waals surface area (Å²) < 4.78 is 0. The van der Waals surface area contributed by atoms with Crippen LogP contribution in [0.4, 0.5) is 0 Å². The lowest BCUT2D eigenvalue weighted by molar-refractivity contribution is -0.136. The first kappa shape index (κ1) is 19.5. The molecule has 3 rings (SSSR count). The van der Waals surface area contributed by atoms with Crippen LogP contribution in [0.2, 0.25) is 0 Å². The minimum atomic E-state index is -0.555. The van der Waals surface area contributed by atoms with Gasteiger partial charge < -0.3 is 15.1 Å². The molecule has 1 fully saturated rings. The van der Waals surface area contributed by atoms with Crippen molar-refractivity contribution in [1.29, 1.82) is 0 Å². The molecule has 2 N–H and O–H groups in total. The van der Waals surface area contributed by atoms with Gasteiger partial charge in [-0.1, -0.05) is 12.1 Å². The number of benzene rings is 1. The summed E-state index contributed by atoms with van der Waals surface area (Å²) >= 11 is 0. The maximum Gasteiger partial charge on any atom is 0.255 e. The molecule has 1 unspecified atom stereocenters. The van der Waals surface area contributed by atoms with Crippen molar-refractivity contribution in [1.82, 2.24) is 20.4 Å². The quantitative estimate of drug-likeness (QED) is 0.523. The van der Waals surface area contributed by atoms with Crippen LogP contribution in [0, 0.1) is 0 Å². The SMILES string of the molecule is CNCCCCN(C)Cc1ccc2c(c1)C(=O)N(C1CCC(=O)NC1=O)C2. The molecular formula is C20H28N4O3. The van der Waals surface area contributed by atoms with E-state index in [0.29, 0.717) is 18.5 Å². The molecular weight excluding hydrogens is 344 g/mol. The zero-order chi connectivity index (χ0) is 19.4. The third kappa shape index (κ3) is 4.54. The van der Waals surface area contributed by atoms with Gasteiger partial charge in [-0.05, 0) is 63.6 Å². The molecule has 7 nitrogen and oxygen atoms in total. The van der Waals surface area contributed by atoms with Gasteiger partial charge in [-0.3, -0.25) is 19.7 Å². The number of imide groups is 1. The number of hydrogen-bond donors (Lipinski definition) is 2. The molecule has 1 aromatic carbocycles. The molecule has 1 saturated heterocycles. The van der Waals surface area contributed by atoms with E-state index >= 15 is 0 Å². The highest BCUT2D eigenvalue weighted by molar-refractivity contribution is 6.05. The molecule has 0 saturated carbocycles. The summed E-state index contributed by atoms with van der Waals surface area (Å²) in [6, 6.07) is 5.45. The molecule has 2 aliphatic heterocycles. The van der Waals surface area contributed by atoms with Crippen molar-refractivity contribution >= 4 is 17.7 Å². The Morgan fingerprint density at radius 3 is 2.81 bits per heavy atom. The van der Waals surface area contributed by atoms with Crippen LogP contribution < -0.4 is 10.6 Å². The van der Waals surface area contributed by atoms with E-state index in [9.17, 15) is 14.4 Å². The van der Waals surface area contributed by atoms with Crippen LogP contribution in [0.1, 0.15) is 47.2 Å². The fourth-order valence-corrected chi connectivity index (χ4v) is 3.77. The van der Waals surface area contributed by atoms with Gasteiger partial charge in [0.25, 0.3) is 5.91 Å². The number of carbonyl (C=O) groups is 3. The van der Waals surface area contributed by atoms with Crippen LogP contribution in [0.15, 0.2) is 18.2 Å². The zero-order valence-electron chi connectivity index (χ0n) is 16.1. The number of carbonyl (C=O) groups excluding carboxylic acids is 3. The van der Waals surface area contributed by atoms with Gasteiger partial charge in [0.05, 0.1) is 0 Å². The molecule has 1 aromatic rings. The van der Waals surface area contributed by atoms with Gasteiger partial charge in [0.1, 0.15) is 6.04 Å². The van der Waals surface area contributed by atoms with Crippen molar-refractivity contribution in [3.63, 3.8) is 0 Å². The van der Waals surface area contributed by atoms with Crippen molar-refractivity contribution in [2.75, 3.05) is 27.2 Å². The van der Waals surface area contributed by atoms with Gasteiger partial charge >= 0.3 is 0 Å². The number of rotatable bonds is 8. The average molecular weight is 372 g/mol. The molecule has 2 heterocycles. The standard InChI is InChI=1S/C20H28N4O3/c1-21-9-3-4-10-23(2)12-14-5-6-15-13-24(20(27)16(15)11-14)17-7-8-18(25)22-19(17)26/h5-6,11,17,21H,3-4,7-10,12-13H2,1-2H3,(H,22,25,26). The summed E-state index contributed by atoms with van der Waals surface area (Å²) in [7, 11) is 4.05. The van der Waals surface area contributed by atoms with Gasteiger partial charge in [0.2, 0.25) is 11.8 Å². The molecule has 0 bridgehead atoms. The molecule has 0 spiro atoms. The van der Waals surface area contributed by atoms with Crippen LogP contribution in [-0.2, 0) is 22.7 Å². The topological polar surface area (TPSA) is 81.8 Å². The number of hydrogen-bond acceptors (Lipinski definition) is 5. The first-order chi connectivity index (χ1) is 13.0. The highest BCUT2D eigenvalue weighted by Gasteiger charge is 2.39. The number of fused-ring (bicyclic) bond motifs is 1. The van der Waals surface area contributed by atoms with Gasteiger partial charge in [-0.2, -0.15) is 0 Å². The van der Waals surface area contributed by atoms with E-state index in [1.165, 1.54) is 0 Å². The van der Waals surface area contributed by atoms with Gasteiger partial charge in [0, 0.05) is 25.1 Å². The highest BCUT2D eigenvalue weighted by Crippen LogP contribution is 2.28. The van der Waals surface area contributed by atoms with E-state index in [1.807, 2.05) is 19.2 Å². The zero-order valence-corrected chi connectivity index (χ0v) is 16.1.